The van der Waals surface area contributed by atoms with Gasteiger partial charge in [-0.25, -0.2) is 0 Å². The molecule has 0 radical (unpaired) electrons. The van der Waals surface area contributed by atoms with Crippen LogP contribution in [0, 0.1) is 0 Å². The van der Waals surface area contributed by atoms with Gasteiger partial charge in [-0.2, -0.15) is 0 Å². The van der Waals surface area contributed by atoms with E-state index in [1.54, 1.807) is 0 Å². The second kappa shape index (κ2) is 19.6. The molecule has 3 heteroatoms. The summed E-state index contributed by atoms with van der Waals surface area (Å²) in [6.07, 6.45) is 0. The Morgan fingerprint density at radius 3 is 1.25 bits per heavy atom. The molecule has 0 spiro atoms. The molecule has 0 unspecified atom stereocenters. The molecule has 0 saturated heterocycles. The van der Waals surface area contributed by atoms with Gasteiger partial charge in [0.2, 0.25) is 0 Å². The van der Waals surface area contributed by atoms with Crippen LogP contribution in [0.1, 0.15) is 0 Å². The quantitative estimate of drug-likeness (QED) is 0.398. The fourth-order valence-corrected chi connectivity index (χ4v) is 0. The Bertz CT molecular complexity index is 8.00. The monoisotopic (exact) mass is 151 g/mol. The van der Waals surface area contributed by atoms with Gasteiger partial charge in [0.25, 0.3) is 0 Å². The second-order valence-electron chi connectivity index (χ2n) is 0. The van der Waals surface area contributed by atoms with Gasteiger partial charge in [0.1, 0.15) is 0 Å². The zero-order chi connectivity index (χ0) is 2.00. The van der Waals surface area contributed by atoms with Gasteiger partial charge in [0, 0.05) is 0 Å². The third-order valence-electron chi connectivity index (χ3n) is 0. The van der Waals surface area contributed by atoms with Gasteiger partial charge >= 0.3 is 51.4 Å². The normalized spacial score (nSPS) is 1.50. The van der Waals surface area contributed by atoms with E-state index in [1.807, 2.05) is 5.83 Å². The van der Waals surface area contributed by atoms with E-state index in [1.165, 1.54) is 0 Å². The van der Waals surface area contributed by atoms with Crippen molar-refractivity contribution in [1.29, 1.82) is 0 Å². The summed E-state index contributed by atoms with van der Waals surface area (Å²) in [5, 5.41) is 0. The predicted octanol–water partition coefficient (Wildman–Crippen LogP) is 0.525. The molecule has 0 aliphatic rings. The summed E-state index contributed by atoms with van der Waals surface area (Å²) in [6, 6.07) is 0. The SMILES string of the molecule is CBr.N.[KH]. The number of hydrogen-bond donors (Lipinski definition) is 1. The van der Waals surface area contributed by atoms with Crippen molar-refractivity contribution in [1.82, 2.24) is 6.15 Å². The summed E-state index contributed by atoms with van der Waals surface area (Å²) < 4.78 is 0. The van der Waals surface area contributed by atoms with E-state index in [2.05, 4.69) is 15.9 Å². The van der Waals surface area contributed by atoms with Gasteiger partial charge in [-0.05, 0) is 5.83 Å². The Hall–Kier alpha value is 2.08. The number of hydrogen-bond acceptors (Lipinski definition) is 1. The molecule has 4 heavy (non-hydrogen) atoms. The van der Waals surface area contributed by atoms with Crippen LogP contribution in [0.2, 0.25) is 0 Å². The van der Waals surface area contributed by atoms with Crippen molar-refractivity contribution < 1.29 is 0 Å². The molecule has 0 atom stereocenters. The maximum absolute atomic E-state index is 2.94. The van der Waals surface area contributed by atoms with Gasteiger partial charge in [0.15, 0.2) is 0 Å². The summed E-state index contributed by atoms with van der Waals surface area (Å²) in [4.78, 5) is 0. The molecule has 0 heterocycles. The summed E-state index contributed by atoms with van der Waals surface area (Å²) in [5.41, 5.74) is 0. The standard InChI is InChI=1S/CH3Br.K.H3N.H/c1-2;;;/h1H3;;1H3;. The van der Waals surface area contributed by atoms with Crippen molar-refractivity contribution in [3.8, 4) is 0 Å². The zero-order valence-corrected chi connectivity index (χ0v) is 3.67. The molecular weight excluding hydrogens is 145 g/mol. The van der Waals surface area contributed by atoms with Crippen LogP contribution in [0.15, 0.2) is 0 Å². The summed E-state index contributed by atoms with van der Waals surface area (Å²) in [7, 11) is 0. The first-order valence-electron chi connectivity index (χ1n) is 0.378. The van der Waals surface area contributed by atoms with Crippen molar-refractivity contribution in [2.75, 3.05) is 5.83 Å². The first-order chi connectivity index (χ1) is 1.00. The van der Waals surface area contributed by atoms with Crippen LogP contribution in [0.4, 0.5) is 0 Å². The van der Waals surface area contributed by atoms with Crippen LogP contribution in [-0.4, -0.2) is 57.2 Å². The van der Waals surface area contributed by atoms with Gasteiger partial charge < -0.3 is 6.15 Å². The molecule has 1 nitrogen and oxygen atoms in total. The third-order valence-corrected chi connectivity index (χ3v) is 0. The van der Waals surface area contributed by atoms with E-state index in [0.717, 1.165) is 0 Å². The molecule has 24 valence electrons. The van der Waals surface area contributed by atoms with Crippen molar-refractivity contribution in [2.24, 2.45) is 0 Å². The van der Waals surface area contributed by atoms with Crippen LogP contribution in [0.3, 0.4) is 0 Å². The van der Waals surface area contributed by atoms with Crippen LogP contribution < -0.4 is 6.15 Å². The summed E-state index contributed by atoms with van der Waals surface area (Å²) in [5.74, 6) is 1.81. The first-order valence-corrected chi connectivity index (χ1v) is 1.96. The van der Waals surface area contributed by atoms with E-state index in [9.17, 15) is 0 Å². The van der Waals surface area contributed by atoms with Crippen LogP contribution in [-0.2, 0) is 0 Å². The molecule has 0 saturated carbocycles. The molecule has 0 aromatic carbocycles. The predicted molar refractivity (Wildman–Crippen MR) is 27.0 cm³/mol. The molecule has 0 rings (SSSR count). The molecule has 0 bridgehead atoms. The van der Waals surface area contributed by atoms with Crippen LogP contribution in [0.25, 0.3) is 0 Å². The Balaban J connectivity index is -0.00000000500. The molecule has 0 fully saturated rings. The second-order valence-corrected chi connectivity index (χ2v) is 0. The number of rotatable bonds is 0. The van der Waals surface area contributed by atoms with E-state index < -0.39 is 0 Å². The summed E-state index contributed by atoms with van der Waals surface area (Å²) >= 11 is 2.94. The summed E-state index contributed by atoms with van der Waals surface area (Å²) in [6.45, 7) is 0. The average molecular weight is 152 g/mol. The molecule has 0 aliphatic heterocycles. The molecular formula is CH7BrKN. The number of halogens is 1. The van der Waals surface area contributed by atoms with E-state index in [0.29, 0.717) is 0 Å². The van der Waals surface area contributed by atoms with Gasteiger partial charge in [-0.15, -0.1) is 0 Å². The van der Waals surface area contributed by atoms with E-state index >= 15 is 0 Å². The topological polar surface area (TPSA) is 35.0 Å². The third kappa shape index (κ3) is 8.95. The maximum atomic E-state index is 2.94. The molecule has 0 amide bonds. The van der Waals surface area contributed by atoms with Crippen molar-refractivity contribution >= 4 is 67.3 Å². The van der Waals surface area contributed by atoms with Crippen LogP contribution >= 0.6 is 15.9 Å². The fraction of sp³-hybridized carbons (Fsp3) is 1.00. The average Bonchev–Trinajstić information content (AvgIpc) is 1.00. The minimum atomic E-state index is 0. The van der Waals surface area contributed by atoms with Crippen LogP contribution in [0.5, 0.6) is 0 Å². The Kier molecular flexibility index (Phi) is 80.9. The van der Waals surface area contributed by atoms with Gasteiger partial charge in [-0.1, -0.05) is 15.9 Å². The zero-order valence-electron chi connectivity index (χ0n) is 2.09. The van der Waals surface area contributed by atoms with Crippen molar-refractivity contribution in [2.45, 2.75) is 0 Å². The molecule has 3 N–H and O–H groups in total. The Labute approximate surface area is 77.7 Å². The molecule has 0 aliphatic carbocycles. The minimum absolute atomic E-state index is 0. The van der Waals surface area contributed by atoms with Gasteiger partial charge in [0.05, 0.1) is 0 Å². The first kappa shape index (κ1) is 16.5. The molecule has 0 aromatic heterocycles. The Morgan fingerprint density at radius 2 is 1.25 bits per heavy atom. The molecule has 0 aromatic rings. The van der Waals surface area contributed by atoms with E-state index in [4.69, 9.17) is 0 Å². The Morgan fingerprint density at radius 1 is 1.25 bits per heavy atom. The van der Waals surface area contributed by atoms with Crippen molar-refractivity contribution in [3.63, 3.8) is 0 Å². The van der Waals surface area contributed by atoms with Crippen molar-refractivity contribution in [3.05, 3.63) is 0 Å². The number of alkyl halides is 1. The van der Waals surface area contributed by atoms with E-state index in [-0.39, 0.29) is 57.5 Å². The van der Waals surface area contributed by atoms with Gasteiger partial charge in [-0.3, -0.25) is 0 Å². The fourth-order valence-electron chi connectivity index (χ4n) is 0.